The molecule has 4 rings (SSSR count). The van der Waals surface area contributed by atoms with Gasteiger partial charge in [-0.3, -0.25) is 4.79 Å². The van der Waals surface area contributed by atoms with Crippen LogP contribution in [0.1, 0.15) is 42.5 Å². The summed E-state index contributed by atoms with van der Waals surface area (Å²) in [7, 11) is -3.45. The number of nitrogens with zero attached hydrogens (tertiary/aromatic N) is 3. The summed E-state index contributed by atoms with van der Waals surface area (Å²) in [5.74, 6) is 1.23. The molecule has 0 aliphatic carbocycles. The number of carbonyl (C=O) groups excluding carboxylic acids is 1. The molecular weight excluding hydrogens is 412 g/mol. The number of benzene rings is 1. The zero-order chi connectivity index (χ0) is 21.7. The standard InChI is InChI=1S/C23H30N4O3S/c28-23(20-7-3-1-4-8-20)26-15-11-19(12-16-26)17-24-22-10-9-21(18-25-22)31(29,30)27-13-5-2-6-14-27/h1,3-4,7-10,18-19H,2,5-6,11-17H2,(H,24,25). The van der Waals surface area contributed by atoms with Gasteiger partial charge < -0.3 is 10.2 Å². The summed E-state index contributed by atoms with van der Waals surface area (Å²) in [5.41, 5.74) is 0.739. The van der Waals surface area contributed by atoms with E-state index in [-0.39, 0.29) is 10.8 Å². The van der Waals surface area contributed by atoms with Crippen LogP contribution in [0.5, 0.6) is 0 Å². The lowest BCUT2D eigenvalue weighted by atomic mass is 9.96. The van der Waals surface area contributed by atoms with Gasteiger partial charge in [-0.2, -0.15) is 4.31 Å². The molecule has 2 aliphatic rings. The van der Waals surface area contributed by atoms with Crippen molar-refractivity contribution >= 4 is 21.7 Å². The first-order valence-corrected chi connectivity index (χ1v) is 12.5. The average molecular weight is 443 g/mol. The second kappa shape index (κ2) is 9.78. The molecular formula is C23H30N4O3S. The molecule has 0 atom stereocenters. The van der Waals surface area contributed by atoms with Gasteiger partial charge in [0.2, 0.25) is 10.0 Å². The molecule has 8 heteroatoms. The van der Waals surface area contributed by atoms with Gasteiger partial charge in [0.15, 0.2) is 0 Å². The molecule has 2 aromatic rings. The van der Waals surface area contributed by atoms with Gasteiger partial charge in [-0.1, -0.05) is 24.6 Å². The third-order valence-corrected chi connectivity index (χ3v) is 8.07. The Bertz CT molecular complexity index is 966. The van der Waals surface area contributed by atoms with Crippen molar-refractivity contribution in [2.24, 2.45) is 5.92 Å². The Labute approximate surface area is 184 Å². The lowest BCUT2D eigenvalue weighted by Crippen LogP contribution is -2.39. The Morgan fingerprint density at radius 2 is 1.68 bits per heavy atom. The van der Waals surface area contributed by atoms with Crippen LogP contribution in [0.3, 0.4) is 0 Å². The number of amides is 1. The number of piperidine rings is 2. The summed E-state index contributed by atoms with van der Waals surface area (Å²) < 4.78 is 27.0. The fourth-order valence-corrected chi connectivity index (χ4v) is 5.71. The van der Waals surface area contributed by atoms with Crippen molar-refractivity contribution in [3.05, 3.63) is 54.2 Å². The monoisotopic (exact) mass is 442 g/mol. The van der Waals surface area contributed by atoms with Crippen LogP contribution in [-0.2, 0) is 10.0 Å². The molecule has 166 valence electrons. The average Bonchev–Trinajstić information content (AvgIpc) is 2.84. The predicted molar refractivity (Wildman–Crippen MR) is 120 cm³/mol. The smallest absolute Gasteiger partial charge is 0.253 e. The fourth-order valence-electron chi connectivity index (χ4n) is 4.24. The maximum Gasteiger partial charge on any atom is 0.253 e. The van der Waals surface area contributed by atoms with Crippen LogP contribution in [0, 0.1) is 5.92 Å². The van der Waals surface area contributed by atoms with Crippen molar-refractivity contribution in [2.75, 3.05) is 38.0 Å². The number of sulfonamides is 1. The molecule has 1 N–H and O–H groups in total. The molecule has 2 saturated heterocycles. The van der Waals surface area contributed by atoms with Crippen LogP contribution < -0.4 is 5.32 Å². The number of nitrogens with one attached hydrogen (secondary N) is 1. The van der Waals surface area contributed by atoms with Gasteiger partial charge in [-0.05, 0) is 55.9 Å². The first kappa shape index (κ1) is 21.8. The molecule has 0 unspecified atom stereocenters. The molecule has 2 fully saturated rings. The van der Waals surface area contributed by atoms with Gasteiger partial charge in [0.25, 0.3) is 5.91 Å². The van der Waals surface area contributed by atoms with E-state index in [2.05, 4.69) is 10.3 Å². The molecule has 1 amide bonds. The van der Waals surface area contributed by atoms with E-state index in [1.807, 2.05) is 35.2 Å². The summed E-state index contributed by atoms with van der Waals surface area (Å²) in [6, 6.07) is 12.8. The Hall–Kier alpha value is -2.45. The zero-order valence-corrected chi connectivity index (χ0v) is 18.6. The number of anilines is 1. The first-order chi connectivity index (χ1) is 15.0. The van der Waals surface area contributed by atoms with E-state index in [0.29, 0.717) is 24.8 Å². The van der Waals surface area contributed by atoms with E-state index in [0.717, 1.165) is 57.3 Å². The van der Waals surface area contributed by atoms with Gasteiger partial charge in [-0.15, -0.1) is 0 Å². The van der Waals surface area contributed by atoms with Crippen LogP contribution in [0.2, 0.25) is 0 Å². The molecule has 0 radical (unpaired) electrons. The molecule has 3 heterocycles. The molecule has 7 nitrogen and oxygen atoms in total. The SMILES string of the molecule is O=C(c1ccccc1)N1CCC(CNc2ccc(S(=O)(=O)N3CCCCC3)cn2)CC1. The summed E-state index contributed by atoms with van der Waals surface area (Å²) in [5, 5.41) is 3.33. The summed E-state index contributed by atoms with van der Waals surface area (Å²) in [4.78, 5) is 19.1. The molecule has 2 aliphatic heterocycles. The largest absolute Gasteiger partial charge is 0.370 e. The maximum absolute atomic E-state index is 12.7. The van der Waals surface area contributed by atoms with Crippen LogP contribution in [0.4, 0.5) is 5.82 Å². The van der Waals surface area contributed by atoms with Crippen LogP contribution in [0.15, 0.2) is 53.6 Å². The lowest BCUT2D eigenvalue weighted by molar-refractivity contribution is 0.0695. The Balaban J connectivity index is 1.26. The number of likely N-dealkylation sites (tertiary alicyclic amines) is 1. The summed E-state index contributed by atoms with van der Waals surface area (Å²) in [6.45, 7) is 3.45. The van der Waals surface area contributed by atoms with E-state index >= 15 is 0 Å². The highest BCUT2D eigenvalue weighted by Gasteiger charge is 2.26. The number of hydrogen-bond donors (Lipinski definition) is 1. The number of aromatic nitrogens is 1. The van der Waals surface area contributed by atoms with Crippen molar-refractivity contribution in [3.63, 3.8) is 0 Å². The van der Waals surface area contributed by atoms with E-state index in [4.69, 9.17) is 0 Å². The number of pyridine rings is 1. The Morgan fingerprint density at radius 1 is 0.968 bits per heavy atom. The van der Waals surface area contributed by atoms with Crippen LogP contribution in [0.25, 0.3) is 0 Å². The van der Waals surface area contributed by atoms with Crippen molar-refractivity contribution in [1.82, 2.24) is 14.2 Å². The highest BCUT2D eigenvalue weighted by Crippen LogP contribution is 2.22. The minimum Gasteiger partial charge on any atom is -0.370 e. The molecule has 1 aromatic carbocycles. The van der Waals surface area contributed by atoms with E-state index in [9.17, 15) is 13.2 Å². The van der Waals surface area contributed by atoms with Crippen LogP contribution >= 0.6 is 0 Å². The zero-order valence-electron chi connectivity index (χ0n) is 17.7. The third-order valence-electron chi connectivity index (χ3n) is 6.18. The Kier molecular flexibility index (Phi) is 6.87. The number of rotatable bonds is 6. The highest BCUT2D eigenvalue weighted by molar-refractivity contribution is 7.89. The highest BCUT2D eigenvalue weighted by atomic mass is 32.2. The van der Waals surface area contributed by atoms with Gasteiger partial charge in [0.05, 0.1) is 0 Å². The fraction of sp³-hybridized carbons (Fsp3) is 0.478. The Morgan fingerprint density at radius 3 is 2.32 bits per heavy atom. The molecule has 0 bridgehead atoms. The van der Waals surface area contributed by atoms with Crippen molar-refractivity contribution in [1.29, 1.82) is 0 Å². The second-order valence-electron chi connectivity index (χ2n) is 8.33. The van der Waals surface area contributed by atoms with Crippen molar-refractivity contribution in [2.45, 2.75) is 37.0 Å². The van der Waals surface area contributed by atoms with Crippen molar-refractivity contribution < 1.29 is 13.2 Å². The molecule has 1 aromatic heterocycles. The minimum atomic E-state index is -3.45. The van der Waals surface area contributed by atoms with Gasteiger partial charge in [0.1, 0.15) is 10.7 Å². The molecule has 31 heavy (non-hydrogen) atoms. The topological polar surface area (TPSA) is 82.6 Å². The second-order valence-corrected chi connectivity index (χ2v) is 10.3. The summed E-state index contributed by atoms with van der Waals surface area (Å²) in [6.07, 6.45) is 6.25. The van der Waals surface area contributed by atoms with Crippen LogP contribution in [-0.4, -0.2) is 61.2 Å². The number of carbonyl (C=O) groups is 1. The normalized spacial score (nSPS) is 18.6. The quantitative estimate of drug-likeness (QED) is 0.743. The van der Waals surface area contributed by atoms with Gasteiger partial charge in [-0.25, -0.2) is 13.4 Å². The molecule has 0 spiro atoms. The van der Waals surface area contributed by atoms with Gasteiger partial charge >= 0.3 is 0 Å². The van der Waals surface area contributed by atoms with Gasteiger partial charge in [0, 0.05) is 44.5 Å². The van der Waals surface area contributed by atoms with E-state index in [1.54, 1.807) is 16.4 Å². The predicted octanol–water partition coefficient (Wildman–Crippen LogP) is 3.22. The van der Waals surface area contributed by atoms with E-state index in [1.165, 1.54) is 6.20 Å². The third kappa shape index (κ3) is 5.25. The first-order valence-electron chi connectivity index (χ1n) is 11.1. The van der Waals surface area contributed by atoms with E-state index < -0.39 is 10.0 Å². The molecule has 0 saturated carbocycles. The van der Waals surface area contributed by atoms with Crippen molar-refractivity contribution in [3.8, 4) is 0 Å². The minimum absolute atomic E-state index is 0.0965. The number of hydrogen-bond acceptors (Lipinski definition) is 5. The summed E-state index contributed by atoms with van der Waals surface area (Å²) >= 11 is 0. The maximum atomic E-state index is 12.7. The lowest BCUT2D eigenvalue weighted by Gasteiger charge is -2.32.